The van der Waals surface area contributed by atoms with E-state index in [1.807, 2.05) is 0 Å². The predicted molar refractivity (Wildman–Crippen MR) is 123 cm³/mol. The summed E-state index contributed by atoms with van der Waals surface area (Å²) in [6.45, 7) is 3.29. The van der Waals surface area contributed by atoms with Crippen LogP contribution in [0.1, 0.15) is 38.8 Å². The van der Waals surface area contributed by atoms with Gasteiger partial charge in [0.1, 0.15) is 0 Å². The zero-order chi connectivity index (χ0) is 23.3. The van der Waals surface area contributed by atoms with Gasteiger partial charge in [-0.3, -0.25) is 19.7 Å². The molecule has 0 heterocycles. The predicted octanol–water partition coefficient (Wildman–Crippen LogP) is 4.96. The highest BCUT2D eigenvalue weighted by Gasteiger charge is 2.15. The lowest BCUT2D eigenvalue weighted by Crippen LogP contribution is -2.19. The van der Waals surface area contributed by atoms with Crippen molar-refractivity contribution in [3.05, 3.63) is 104 Å². The molecule has 2 N–H and O–H groups in total. The number of carbonyl (C=O) groups is 2. The van der Waals surface area contributed by atoms with Crippen LogP contribution in [0.3, 0.4) is 0 Å². The van der Waals surface area contributed by atoms with Crippen LogP contribution >= 0.6 is 11.6 Å². The average molecular weight is 451 g/mol. The third-order valence-electron chi connectivity index (χ3n) is 4.64. The largest absolute Gasteiger partial charge is 0.322 e. The molecule has 0 atom stereocenters. The molecule has 9 heteroatoms. The summed E-state index contributed by atoms with van der Waals surface area (Å²) in [5.74, 6) is -0.859. The monoisotopic (exact) mass is 450 g/mol. The highest BCUT2D eigenvalue weighted by Crippen LogP contribution is 2.19. The molecule has 2 amide bonds. The summed E-state index contributed by atoms with van der Waals surface area (Å²) in [4.78, 5) is 35.3. The van der Waals surface area contributed by atoms with E-state index in [1.54, 1.807) is 62.4 Å². The first-order valence-electron chi connectivity index (χ1n) is 9.51. The quantitative estimate of drug-likeness (QED) is 0.313. The number of nitrogens with one attached hydrogen (secondary N) is 2. The number of rotatable bonds is 6. The fourth-order valence-corrected chi connectivity index (χ4v) is 2.96. The first kappa shape index (κ1) is 22.6. The smallest absolute Gasteiger partial charge is 0.273 e. The molecular weight excluding hydrogens is 432 g/mol. The summed E-state index contributed by atoms with van der Waals surface area (Å²) < 4.78 is 0. The van der Waals surface area contributed by atoms with Crippen molar-refractivity contribution in [2.75, 3.05) is 5.32 Å². The van der Waals surface area contributed by atoms with Crippen LogP contribution in [0.15, 0.2) is 71.8 Å². The van der Waals surface area contributed by atoms with E-state index >= 15 is 0 Å². The van der Waals surface area contributed by atoms with Gasteiger partial charge in [-0.15, -0.1) is 0 Å². The highest BCUT2D eigenvalue weighted by atomic mass is 35.5. The first-order chi connectivity index (χ1) is 15.2. The van der Waals surface area contributed by atoms with Crippen LogP contribution in [-0.4, -0.2) is 22.4 Å². The maximum atomic E-state index is 12.4. The molecule has 0 aromatic heterocycles. The van der Waals surface area contributed by atoms with Crippen molar-refractivity contribution >= 4 is 40.5 Å². The van der Waals surface area contributed by atoms with Crippen molar-refractivity contribution in [2.45, 2.75) is 13.8 Å². The Bertz CT molecular complexity index is 1220. The summed E-state index contributed by atoms with van der Waals surface area (Å²) in [7, 11) is 0. The van der Waals surface area contributed by atoms with Crippen LogP contribution < -0.4 is 10.7 Å². The van der Waals surface area contributed by atoms with Crippen molar-refractivity contribution in [3.8, 4) is 0 Å². The number of nitro benzene ring substituents is 1. The van der Waals surface area contributed by atoms with Crippen molar-refractivity contribution in [2.24, 2.45) is 5.10 Å². The van der Waals surface area contributed by atoms with E-state index in [2.05, 4.69) is 15.8 Å². The summed E-state index contributed by atoms with van der Waals surface area (Å²) in [5, 5.41) is 18.5. The summed E-state index contributed by atoms with van der Waals surface area (Å²) in [6, 6.07) is 17.7. The second kappa shape index (κ2) is 9.84. The van der Waals surface area contributed by atoms with Gasteiger partial charge in [0.05, 0.1) is 10.6 Å². The number of aryl methyl sites for hydroxylation is 1. The molecule has 162 valence electrons. The molecule has 0 aliphatic rings. The highest BCUT2D eigenvalue weighted by molar-refractivity contribution is 6.30. The van der Waals surface area contributed by atoms with Crippen LogP contribution in [0.2, 0.25) is 5.02 Å². The van der Waals surface area contributed by atoms with Crippen LogP contribution in [0.4, 0.5) is 11.4 Å². The number of anilines is 1. The minimum Gasteiger partial charge on any atom is -0.322 e. The lowest BCUT2D eigenvalue weighted by molar-refractivity contribution is -0.385. The number of hydrogen-bond acceptors (Lipinski definition) is 5. The Balaban J connectivity index is 1.71. The number of hydrazone groups is 1. The van der Waals surface area contributed by atoms with Gasteiger partial charge in [0, 0.05) is 33.5 Å². The normalized spacial score (nSPS) is 11.0. The van der Waals surface area contributed by atoms with Crippen LogP contribution in [-0.2, 0) is 0 Å². The maximum absolute atomic E-state index is 12.4. The van der Waals surface area contributed by atoms with Gasteiger partial charge in [-0.1, -0.05) is 29.8 Å². The van der Waals surface area contributed by atoms with E-state index in [-0.39, 0.29) is 17.2 Å². The number of nitrogens with zero attached hydrogens (tertiary/aromatic N) is 2. The molecule has 8 nitrogen and oxygen atoms in total. The minimum absolute atomic E-state index is 0.128. The molecule has 3 rings (SSSR count). The molecule has 0 aliphatic carbocycles. The van der Waals surface area contributed by atoms with Gasteiger partial charge in [-0.25, -0.2) is 5.43 Å². The van der Waals surface area contributed by atoms with E-state index < -0.39 is 10.8 Å². The maximum Gasteiger partial charge on any atom is 0.273 e. The molecule has 0 unspecified atom stereocenters. The minimum atomic E-state index is -0.570. The van der Waals surface area contributed by atoms with Crippen LogP contribution in [0.5, 0.6) is 0 Å². The van der Waals surface area contributed by atoms with Crippen molar-refractivity contribution in [1.82, 2.24) is 5.43 Å². The van der Waals surface area contributed by atoms with Crippen molar-refractivity contribution in [1.29, 1.82) is 0 Å². The Morgan fingerprint density at radius 1 is 0.938 bits per heavy atom. The van der Waals surface area contributed by atoms with Gasteiger partial charge in [-0.05, 0) is 61.9 Å². The molecule has 0 aliphatic heterocycles. The van der Waals surface area contributed by atoms with E-state index in [9.17, 15) is 19.7 Å². The molecule has 3 aromatic carbocycles. The molecular formula is C23H19ClN4O4. The van der Waals surface area contributed by atoms with Gasteiger partial charge < -0.3 is 5.32 Å². The number of benzene rings is 3. The summed E-state index contributed by atoms with van der Waals surface area (Å²) >= 11 is 5.85. The summed E-state index contributed by atoms with van der Waals surface area (Å²) in [6.07, 6.45) is 0. The van der Waals surface area contributed by atoms with Crippen LogP contribution in [0.25, 0.3) is 0 Å². The van der Waals surface area contributed by atoms with Gasteiger partial charge in [0.25, 0.3) is 17.5 Å². The standard InChI is InChI=1S/C23H19ClN4O4/c1-14-6-7-18(13-21(14)28(31)32)23(30)27-26-15(2)17-4-3-5-20(12-17)25-22(29)16-8-10-19(24)11-9-16/h3-13H,1-2H3,(H,25,29)(H,27,30)/b26-15+. The van der Waals surface area contributed by atoms with E-state index in [0.717, 1.165) is 0 Å². The fourth-order valence-electron chi connectivity index (χ4n) is 2.84. The molecule has 0 spiro atoms. The molecule has 0 bridgehead atoms. The van der Waals surface area contributed by atoms with E-state index in [0.29, 0.717) is 33.1 Å². The third-order valence-corrected chi connectivity index (χ3v) is 4.89. The van der Waals surface area contributed by atoms with Gasteiger partial charge in [0.2, 0.25) is 0 Å². The molecule has 0 fully saturated rings. The molecule has 0 saturated carbocycles. The average Bonchev–Trinajstić information content (AvgIpc) is 2.78. The molecule has 32 heavy (non-hydrogen) atoms. The first-order valence-corrected chi connectivity index (χ1v) is 9.89. The SMILES string of the molecule is C/C(=N\NC(=O)c1ccc(C)c([N+](=O)[O-])c1)c1cccc(NC(=O)c2ccc(Cl)cc2)c1. The Labute approximate surface area is 189 Å². The summed E-state index contributed by atoms with van der Waals surface area (Å²) in [5.41, 5.74) is 5.03. The lowest BCUT2D eigenvalue weighted by atomic mass is 10.1. The second-order valence-corrected chi connectivity index (χ2v) is 7.37. The van der Waals surface area contributed by atoms with E-state index in [1.165, 1.54) is 18.2 Å². The Morgan fingerprint density at radius 3 is 2.31 bits per heavy atom. The number of amides is 2. The number of nitro groups is 1. The number of carbonyl (C=O) groups excluding carboxylic acids is 2. The Morgan fingerprint density at radius 2 is 1.62 bits per heavy atom. The Kier molecular flexibility index (Phi) is 6.97. The topological polar surface area (TPSA) is 114 Å². The van der Waals surface area contributed by atoms with Gasteiger partial charge in [-0.2, -0.15) is 5.10 Å². The second-order valence-electron chi connectivity index (χ2n) is 6.94. The molecule has 3 aromatic rings. The number of halogens is 1. The van der Waals surface area contributed by atoms with Gasteiger partial charge >= 0.3 is 0 Å². The van der Waals surface area contributed by atoms with Gasteiger partial charge in [0.15, 0.2) is 0 Å². The Hall–Kier alpha value is -4.04. The van der Waals surface area contributed by atoms with E-state index in [4.69, 9.17) is 11.6 Å². The molecule has 0 radical (unpaired) electrons. The zero-order valence-corrected chi connectivity index (χ0v) is 18.0. The third kappa shape index (κ3) is 5.55. The van der Waals surface area contributed by atoms with Crippen LogP contribution in [0, 0.1) is 17.0 Å². The lowest BCUT2D eigenvalue weighted by Gasteiger charge is -2.08. The van der Waals surface area contributed by atoms with Crippen molar-refractivity contribution < 1.29 is 14.5 Å². The fraction of sp³-hybridized carbons (Fsp3) is 0.0870. The van der Waals surface area contributed by atoms with Crippen molar-refractivity contribution in [3.63, 3.8) is 0 Å². The molecule has 0 saturated heterocycles. The zero-order valence-electron chi connectivity index (χ0n) is 17.3. The number of hydrogen-bond donors (Lipinski definition) is 2.